The van der Waals surface area contributed by atoms with Gasteiger partial charge in [0.25, 0.3) is 0 Å². The van der Waals surface area contributed by atoms with Crippen LogP contribution in [0.3, 0.4) is 0 Å². The fourth-order valence-corrected chi connectivity index (χ4v) is 3.89. The summed E-state index contributed by atoms with van der Waals surface area (Å²) in [7, 11) is -3.79. The zero-order valence-electron chi connectivity index (χ0n) is 13.4. The molecule has 1 saturated heterocycles. The van der Waals surface area contributed by atoms with Gasteiger partial charge in [0.15, 0.2) is 0 Å². The van der Waals surface area contributed by atoms with E-state index in [1.54, 1.807) is 23.6 Å². The Balaban J connectivity index is 1.93. The molecule has 2 rings (SSSR count). The van der Waals surface area contributed by atoms with Crippen LogP contribution in [0.2, 0.25) is 0 Å². The number of amides is 2. The van der Waals surface area contributed by atoms with Crippen molar-refractivity contribution in [3.05, 3.63) is 11.4 Å². The number of hydrogen-bond acceptors (Lipinski definition) is 5. The van der Waals surface area contributed by atoms with Crippen LogP contribution in [0.4, 0.5) is 0 Å². The quantitative estimate of drug-likeness (QED) is 0.727. The zero-order valence-corrected chi connectivity index (χ0v) is 14.2. The van der Waals surface area contributed by atoms with Crippen LogP contribution < -0.4 is 4.72 Å². The van der Waals surface area contributed by atoms with E-state index in [1.807, 2.05) is 0 Å². The molecule has 1 aliphatic rings. The van der Waals surface area contributed by atoms with Gasteiger partial charge in [-0.25, -0.2) is 13.1 Å². The minimum absolute atomic E-state index is 0.0243. The fourth-order valence-electron chi connectivity index (χ4n) is 2.55. The molecule has 0 spiro atoms. The van der Waals surface area contributed by atoms with Crippen molar-refractivity contribution in [3.63, 3.8) is 0 Å². The van der Waals surface area contributed by atoms with Crippen LogP contribution in [0.25, 0.3) is 0 Å². The molecule has 1 fully saturated rings. The molecule has 23 heavy (non-hydrogen) atoms. The van der Waals surface area contributed by atoms with Gasteiger partial charge >= 0.3 is 0 Å². The molecule has 128 valence electrons. The van der Waals surface area contributed by atoms with Crippen molar-refractivity contribution >= 4 is 21.8 Å². The lowest BCUT2D eigenvalue weighted by atomic mass is 10.3. The Kier molecular flexibility index (Phi) is 5.05. The highest BCUT2D eigenvalue weighted by molar-refractivity contribution is 7.89. The molecular formula is C13H21N5O4S. The minimum atomic E-state index is -3.79. The third-order valence-corrected chi connectivity index (χ3v) is 5.48. The number of aryl methyl sites for hydroxylation is 2. The summed E-state index contributed by atoms with van der Waals surface area (Å²) >= 11 is 0. The third-order valence-electron chi connectivity index (χ3n) is 3.82. The van der Waals surface area contributed by atoms with Gasteiger partial charge in [-0.15, -0.1) is 0 Å². The molecule has 0 radical (unpaired) electrons. The Hall–Kier alpha value is -1.94. The summed E-state index contributed by atoms with van der Waals surface area (Å²) in [6, 6.07) is 0. The number of rotatable bonds is 4. The van der Waals surface area contributed by atoms with Crippen LogP contribution in [0.5, 0.6) is 0 Å². The molecule has 1 aliphatic heterocycles. The Bertz CT molecular complexity index is 684. The molecule has 2 N–H and O–H groups in total. The second-order valence-electron chi connectivity index (χ2n) is 5.47. The number of nitrogens with one attached hydrogen (secondary N) is 2. The summed E-state index contributed by atoms with van der Waals surface area (Å²) < 4.78 is 26.9. The molecule has 2 heterocycles. The predicted molar refractivity (Wildman–Crippen MR) is 82.1 cm³/mol. The van der Waals surface area contributed by atoms with Crippen molar-refractivity contribution in [3.8, 4) is 0 Å². The molecule has 1 aromatic heterocycles. The summed E-state index contributed by atoms with van der Waals surface area (Å²) in [4.78, 5) is 26.7. The van der Waals surface area contributed by atoms with E-state index in [4.69, 9.17) is 0 Å². The molecule has 2 amide bonds. The van der Waals surface area contributed by atoms with Crippen molar-refractivity contribution in [2.45, 2.75) is 25.7 Å². The first kappa shape index (κ1) is 17.4. The van der Waals surface area contributed by atoms with E-state index in [1.165, 1.54) is 6.92 Å². The molecule has 0 saturated carbocycles. The number of hydrogen-bond donors (Lipinski definition) is 2. The molecule has 0 unspecified atom stereocenters. The van der Waals surface area contributed by atoms with Gasteiger partial charge in [0, 0.05) is 33.1 Å². The van der Waals surface area contributed by atoms with Gasteiger partial charge in [0.2, 0.25) is 21.8 Å². The van der Waals surface area contributed by atoms with Gasteiger partial charge in [-0.05, 0) is 13.8 Å². The van der Waals surface area contributed by atoms with Gasteiger partial charge < -0.3 is 9.80 Å². The number of H-pyrrole nitrogens is 1. The van der Waals surface area contributed by atoms with Crippen LogP contribution in [0.15, 0.2) is 4.90 Å². The lowest BCUT2D eigenvalue weighted by Gasteiger charge is -2.34. The van der Waals surface area contributed by atoms with Crippen LogP contribution in [-0.4, -0.2) is 73.0 Å². The standard InChI is InChI=1S/C13H21N5O4S/c1-9-13(10(2)16-15-9)23(21,22)14-8-12(20)18-6-4-17(5-7-18)11(3)19/h14H,4-8H2,1-3H3,(H,15,16). The topological polar surface area (TPSA) is 115 Å². The predicted octanol–water partition coefficient (Wildman–Crippen LogP) is -1.00. The van der Waals surface area contributed by atoms with Crippen LogP contribution >= 0.6 is 0 Å². The SMILES string of the molecule is CC(=O)N1CCN(C(=O)CNS(=O)(=O)c2c(C)n[nH]c2C)CC1. The first-order valence-corrected chi connectivity index (χ1v) is 8.75. The summed E-state index contributed by atoms with van der Waals surface area (Å²) in [6.45, 7) is 6.11. The maximum atomic E-state index is 12.3. The van der Waals surface area contributed by atoms with Gasteiger partial charge in [-0.3, -0.25) is 14.7 Å². The number of aromatic nitrogens is 2. The van der Waals surface area contributed by atoms with Gasteiger partial charge in [-0.1, -0.05) is 0 Å². The van der Waals surface area contributed by atoms with Crippen molar-refractivity contribution in [1.29, 1.82) is 0 Å². The first-order valence-electron chi connectivity index (χ1n) is 7.27. The summed E-state index contributed by atoms with van der Waals surface area (Å²) in [5, 5.41) is 6.45. The van der Waals surface area contributed by atoms with E-state index in [0.29, 0.717) is 37.6 Å². The number of sulfonamides is 1. The first-order chi connectivity index (χ1) is 10.7. The van der Waals surface area contributed by atoms with Crippen LogP contribution in [0.1, 0.15) is 18.3 Å². The monoisotopic (exact) mass is 343 g/mol. The maximum absolute atomic E-state index is 12.3. The molecule has 0 aliphatic carbocycles. The number of carbonyl (C=O) groups is 2. The molecular weight excluding hydrogens is 322 g/mol. The van der Waals surface area contributed by atoms with Crippen LogP contribution in [0, 0.1) is 13.8 Å². The number of carbonyl (C=O) groups excluding carboxylic acids is 2. The summed E-state index contributed by atoms with van der Waals surface area (Å²) in [6.07, 6.45) is 0. The summed E-state index contributed by atoms with van der Waals surface area (Å²) in [5.41, 5.74) is 0.787. The van der Waals surface area contributed by atoms with E-state index in [0.717, 1.165) is 0 Å². The Morgan fingerprint density at radius 1 is 1.17 bits per heavy atom. The fraction of sp³-hybridized carbons (Fsp3) is 0.615. The molecule has 9 nitrogen and oxygen atoms in total. The van der Waals surface area contributed by atoms with E-state index in [9.17, 15) is 18.0 Å². The van der Waals surface area contributed by atoms with Gasteiger partial charge in [-0.2, -0.15) is 5.10 Å². The van der Waals surface area contributed by atoms with Crippen molar-refractivity contribution in [1.82, 2.24) is 24.7 Å². The molecule has 0 aromatic carbocycles. The second kappa shape index (κ2) is 6.67. The van der Waals surface area contributed by atoms with Gasteiger partial charge in [0.05, 0.1) is 17.9 Å². The Labute approximate surface area is 135 Å². The average molecular weight is 343 g/mol. The zero-order chi connectivity index (χ0) is 17.2. The van der Waals surface area contributed by atoms with Crippen molar-refractivity contribution in [2.75, 3.05) is 32.7 Å². The highest BCUT2D eigenvalue weighted by Crippen LogP contribution is 2.16. The van der Waals surface area contributed by atoms with Crippen LogP contribution in [-0.2, 0) is 19.6 Å². The molecule has 10 heteroatoms. The van der Waals surface area contributed by atoms with E-state index >= 15 is 0 Å². The van der Waals surface area contributed by atoms with E-state index < -0.39 is 10.0 Å². The van der Waals surface area contributed by atoms with E-state index in [2.05, 4.69) is 14.9 Å². The highest BCUT2D eigenvalue weighted by Gasteiger charge is 2.26. The lowest BCUT2D eigenvalue weighted by Crippen LogP contribution is -2.52. The largest absolute Gasteiger partial charge is 0.339 e. The molecule has 1 aromatic rings. The normalized spacial score (nSPS) is 15.8. The summed E-state index contributed by atoms with van der Waals surface area (Å²) in [5.74, 6) is -0.334. The Morgan fingerprint density at radius 2 is 1.74 bits per heavy atom. The number of piperazine rings is 1. The Morgan fingerprint density at radius 3 is 2.22 bits per heavy atom. The van der Waals surface area contributed by atoms with E-state index in [-0.39, 0.29) is 23.3 Å². The molecule has 0 atom stereocenters. The number of nitrogens with zero attached hydrogens (tertiary/aromatic N) is 3. The highest BCUT2D eigenvalue weighted by atomic mass is 32.2. The smallest absolute Gasteiger partial charge is 0.244 e. The van der Waals surface area contributed by atoms with Gasteiger partial charge in [0.1, 0.15) is 4.90 Å². The minimum Gasteiger partial charge on any atom is -0.339 e. The number of aromatic amines is 1. The third kappa shape index (κ3) is 3.88. The molecule has 0 bridgehead atoms. The van der Waals surface area contributed by atoms with Crippen molar-refractivity contribution in [2.24, 2.45) is 0 Å². The second-order valence-corrected chi connectivity index (χ2v) is 7.18. The average Bonchev–Trinajstić information content (AvgIpc) is 2.84. The van der Waals surface area contributed by atoms with Crippen molar-refractivity contribution < 1.29 is 18.0 Å². The lowest BCUT2D eigenvalue weighted by molar-refractivity contribution is -0.137. The maximum Gasteiger partial charge on any atom is 0.244 e.